The van der Waals surface area contributed by atoms with Crippen LogP contribution in [0.15, 0.2) is 126 Å². The summed E-state index contributed by atoms with van der Waals surface area (Å²) in [5.41, 5.74) is 4.70. The Morgan fingerprint density at radius 2 is 1.18 bits per heavy atom. The average molecular weight is 1360 g/mol. The highest BCUT2D eigenvalue weighted by Gasteiger charge is 2.49. The SMILES string of the molecule is CCCCCOc1ccc(-c2ccc(-c3ccc(C(=O)N[C@@H]4C[C@@H](O)CNC(=O)[C@@H]5[C@@H](O)[C@@H](C)CN5C(=O)[C@H]([C@@H](C)O)NC(=O)[C@H]([C@@H](O)Cc5ccc(OP(C)(=O)OCc6ccc(Br)cc6)cc5)NC(=O)[C@@H]5C[C@@H](O)CN5C(=O)[C@H]([C@@H](C)O)NC4=O)cc3)cc2)cc1. The Balaban J connectivity index is 1.03. The number of fused-ring (bicyclic) bond motifs is 2. The van der Waals surface area contributed by atoms with Gasteiger partial charge in [-0.1, -0.05) is 115 Å². The predicted octanol–water partition coefficient (Wildman–Crippen LogP) is 3.74. The molecule has 5 aromatic rings. The molecule has 8 rings (SSSR count). The number of hydrogen-bond acceptors (Lipinski definition) is 17. The van der Waals surface area contributed by atoms with Crippen LogP contribution in [-0.4, -0.2) is 188 Å². The number of hydrogen-bond donors (Lipinski definition) is 11. The van der Waals surface area contributed by atoms with Crippen molar-refractivity contribution in [3.63, 3.8) is 0 Å². The molecule has 3 saturated heterocycles. The fourth-order valence-corrected chi connectivity index (χ4v) is 12.4. The molecule has 11 N–H and O–H groups in total. The second-order valence-electron chi connectivity index (χ2n) is 23.8. The Morgan fingerprint density at radius 3 is 1.77 bits per heavy atom. The number of rotatable bonds is 19. The van der Waals surface area contributed by atoms with Crippen LogP contribution in [0.5, 0.6) is 11.5 Å². The van der Waals surface area contributed by atoms with E-state index in [-0.39, 0.29) is 24.5 Å². The summed E-state index contributed by atoms with van der Waals surface area (Å²) in [5, 5.41) is 80.6. The highest BCUT2D eigenvalue weighted by Crippen LogP contribution is 2.45. The van der Waals surface area contributed by atoms with E-state index < -0.39 is 160 Å². The van der Waals surface area contributed by atoms with Crippen LogP contribution in [0.25, 0.3) is 22.3 Å². The van der Waals surface area contributed by atoms with Gasteiger partial charge in [0.1, 0.15) is 47.8 Å². The number of β-amino-alcohol motifs (C(OH)–C–C–N with tert-alkyl or cyclic N) is 1. The molecule has 0 bridgehead atoms. The van der Waals surface area contributed by atoms with Crippen LogP contribution in [0.3, 0.4) is 0 Å². The Kier molecular flexibility index (Phi) is 24.3. The van der Waals surface area contributed by atoms with Crippen LogP contribution < -0.4 is 35.8 Å². The second-order valence-corrected chi connectivity index (χ2v) is 26.7. The van der Waals surface area contributed by atoms with E-state index in [1.165, 1.54) is 50.0 Å². The van der Waals surface area contributed by atoms with E-state index in [9.17, 15) is 68.8 Å². The maximum Gasteiger partial charge on any atom is 0.376 e. The second kappa shape index (κ2) is 31.8. The van der Waals surface area contributed by atoms with E-state index in [2.05, 4.69) is 49.4 Å². The highest BCUT2D eigenvalue weighted by atomic mass is 79.9. The first-order valence-corrected chi connectivity index (χ1v) is 33.5. The van der Waals surface area contributed by atoms with Crippen LogP contribution in [-0.2, 0) is 50.9 Å². The van der Waals surface area contributed by atoms with Gasteiger partial charge in [-0.15, -0.1) is 0 Å². The van der Waals surface area contributed by atoms with Crippen molar-refractivity contribution in [1.29, 1.82) is 0 Å². The number of aliphatic hydroxyl groups excluding tert-OH is 6. The molecular weight excluding hydrogens is 1270 g/mol. The van der Waals surface area contributed by atoms with Crippen LogP contribution >= 0.6 is 23.5 Å². The minimum atomic E-state index is -3.68. The van der Waals surface area contributed by atoms with Crippen molar-refractivity contribution in [2.24, 2.45) is 5.92 Å². The number of carbonyl (C=O) groups is 7. The minimum Gasteiger partial charge on any atom is -0.494 e. The molecule has 14 atom stereocenters. The molecule has 3 aliphatic heterocycles. The van der Waals surface area contributed by atoms with E-state index in [0.29, 0.717) is 12.2 Å². The summed E-state index contributed by atoms with van der Waals surface area (Å²) in [7, 11) is -3.68. The third kappa shape index (κ3) is 18.4. The number of halogens is 1. The lowest BCUT2D eigenvalue weighted by molar-refractivity contribution is -0.147. The molecular formula is C66H81BrN7O17P. The molecule has 26 heteroatoms. The molecule has 7 amide bonds. The minimum absolute atomic E-state index is 0.0181. The van der Waals surface area contributed by atoms with Gasteiger partial charge >= 0.3 is 7.60 Å². The summed E-state index contributed by atoms with van der Waals surface area (Å²) in [6.45, 7) is 6.52. The maximum absolute atomic E-state index is 14.6. The van der Waals surface area contributed by atoms with Crippen molar-refractivity contribution >= 4 is 64.9 Å². The van der Waals surface area contributed by atoms with Crippen LogP contribution in [0, 0.1) is 5.92 Å². The molecule has 1 unspecified atom stereocenters. The van der Waals surface area contributed by atoms with Gasteiger partial charge in [-0.3, -0.25) is 38.1 Å². The van der Waals surface area contributed by atoms with Crippen molar-refractivity contribution in [3.8, 4) is 33.8 Å². The summed E-state index contributed by atoms with van der Waals surface area (Å²) in [6, 6.07) is 24.3. The normalized spacial score (nSPS) is 25.3. The Morgan fingerprint density at radius 1 is 0.652 bits per heavy atom. The average Bonchev–Trinajstić information content (AvgIpc) is 1.62. The zero-order chi connectivity index (χ0) is 66.6. The van der Waals surface area contributed by atoms with Gasteiger partial charge in [0.05, 0.1) is 49.8 Å². The molecule has 92 heavy (non-hydrogen) atoms. The van der Waals surface area contributed by atoms with Gasteiger partial charge in [0.15, 0.2) is 0 Å². The van der Waals surface area contributed by atoms with E-state index in [4.69, 9.17) is 13.8 Å². The predicted molar refractivity (Wildman–Crippen MR) is 342 cm³/mol. The lowest BCUT2D eigenvalue weighted by Gasteiger charge is -2.33. The van der Waals surface area contributed by atoms with Gasteiger partial charge in [-0.2, -0.15) is 0 Å². The largest absolute Gasteiger partial charge is 0.494 e. The molecule has 3 heterocycles. The molecule has 3 fully saturated rings. The molecule has 494 valence electrons. The third-order valence-electron chi connectivity index (χ3n) is 16.4. The fraction of sp³-hybridized carbons (Fsp3) is 0.439. The summed E-state index contributed by atoms with van der Waals surface area (Å²) < 4.78 is 31.3. The highest BCUT2D eigenvalue weighted by molar-refractivity contribution is 9.10. The molecule has 3 aliphatic rings. The lowest BCUT2D eigenvalue weighted by Crippen LogP contribution is -2.64. The number of nitrogens with one attached hydrogen (secondary N) is 5. The zero-order valence-corrected chi connectivity index (χ0v) is 54.2. The van der Waals surface area contributed by atoms with Gasteiger partial charge < -0.3 is 76.3 Å². The number of carbonyl (C=O) groups excluding carboxylic acids is 7. The van der Waals surface area contributed by atoms with E-state index >= 15 is 0 Å². The van der Waals surface area contributed by atoms with Crippen LogP contribution in [0.1, 0.15) is 81.3 Å². The number of ether oxygens (including phenoxy) is 1. The Bertz CT molecular complexity index is 3420. The molecule has 0 aromatic heterocycles. The van der Waals surface area contributed by atoms with Crippen molar-refractivity contribution < 1.29 is 82.6 Å². The molecule has 0 radical (unpaired) electrons. The summed E-state index contributed by atoms with van der Waals surface area (Å²) in [5.74, 6) is -7.23. The lowest BCUT2D eigenvalue weighted by atomic mass is 9.99. The fourth-order valence-electron chi connectivity index (χ4n) is 11.2. The van der Waals surface area contributed by atoms with Crippen LogP contribution in [0.2, 0.25) is 0 Å². The van der Waals surface area contributed by atoms with Gasteiger partial charge in [-0.05, 0) is 102 Å². The number of benzene rings is 5. The van der Waals surface area contributed by atoms with Crippen molar-refractivity contribution in [2.45, 2.75) is 146 Å². The van der Waals surface area contributed by atoms with Crippen molar-refractivity contribution in [1.82, 2.24) is 36.4 Å². The Labute approximate surface area is 542 Å². The summed E-state index contributed by atoms with van der Waals surface area (Å²) in [6.07, 6.45) is -8.10. The first-order chi connectivity index (χ1) is 43.8. The molecule has 0 aliphatic carbocycles. The van der Waals surface area contributed by atoms with Gasteiger partial charge in [0, 0.05) is 61.5 Å². The summed E-state index contributed by atoms with van der Waals surface area (Å²) >= 11 is 3.37. The van der Waals surface area contributed by atoms with Gasteiger partial charge in [0.2, 0.25) is 35.4 Å². The van der Waals surface area contributed by atoms with Crippen molar-refractivity contribution in [2.75, 3.05) is 32.9 Å². The molecule has 5 aromatic carbocycles. The summed E-state index contributed by atoms with van der Waals surface area (Å²) in [4.78, 5) is 103. The molecule has 0 saturated carbocycles. The number of unbranched alkanes of at least 4 members (excludes halogenated alkanes) is 2. The zero-order valence-electron chi connectivity index (χ0n) is 51.7. The van der Waals surface area contributed by atoms with Crippen molar-refractivity contribution in [3.05, 3.63) is 142 Å². The molecule has 24 nitrogen and oxygen atoms in total. The third-order valence-corrected chi connectivity index (χ3v) is 18.1. The Hall–Kier alpha value is -7.58. The maximum atomic E-state index is 14.6. The van der Waals surface area contributed by atoms with Gasteiger partial charge in [-0.25, -0.2) is 4.57 Å². The first kappa shape index (κ1) is 70.3. The quantitative estimate of drug-likeness (QED) is 0.0414. The van der Waals surface area contributed by atoms with E-state index in [1.54, 1.807) is 43.3 Å². The van der Waals surface area contributed by atoms with Gasteiger partial charge in [0.25, 0.3) is 5.91 Å². The van der Waals surface area contributed by atoms with Crippen LogP contribution in [0.4, 0.5) is 0 Å². The monoisotopic (exact) mass is 1350 g/mol. The molecule has 0 spiro atoms. The number of aliphatic hydroxyl groups is 6. The standard InChI is InChI=1S/C66H81BrN7O17P/c1-6-7-8-29-89-50-27-21-45(22-28-50)43-15-13-42(14-16-43)44-17-19-46(20-18-44)60(81)69-52-31-48(77)33-68-64(85)58-59(80)37(2)34-74(58)66(87)56(39(4)76)71-63(84)57(72-62(83)53-32-49(78)35-73(53)65(86)55(38(3)75)70-61(52)82)54(79)30-40-11-25-51(26-12-40)91-92(5,88)90-36-41-9-23-47(67)24-10-41/h9-28,37-39,48-49,52-59,75-80H,6-8,29-36H2,1-5H3,(H,68,85)(H,69,81)(H,70,82)(H,71,84)(H,72,83)/t37-,38+,39+,48+,49+,52+,53-,54-,55-,56-,57-,58-,59-,92?/m0/s1. The first-order valence-electron chi connectivity index (χ1n) is 30.7. The number of amides is 7. The topological polar surface area (TPSA) is 352 Å². The van der Waals surface area contributed by atoms with E-state index in [0.717, 1.165) is 74.0 Å². The number of nitrogens with zero attached hydrogens (tertiary/aromatic N) is 2. The smallest absolute Gasteiger partial charge is 0.376 e. The van der Waals surface area contributed by atoms with E-state index in [1.807, 2.05) is 48.5 Å².